The second kappa shape index (κ2) is 11.5. The molecule has 0 saturated carbocycles. The lowest BCUT2D eigenvalue weighted by Gasteiger charge is -2.33. The molecule has 2 amide bonds. The number of aryl methyl sites for hydroxylation is 2. The molecule has 1 N–H and O–H groups in total. The molecule has 0 radical (unpaired) electrons. The fourth-order valence-electron chi connectivity index (χ4n) is 3.60. The molecular formula is C24H32ClN3O4S. The molecule has 9 heteroatoms. The molecule has 0 aliphatic heterocycles. The smallest absolute Gasteiger partial charge is 0.244 e. The third kappa shape index (κ3) is 6.95. The molecule has 0 fully saturated rings. The summed E-state index contributed by atoms with van der Waals surface area (Å²) in [5.41, 5.74) is 2.72. The fourth-order valence-corrected chi connectivity index (χ4v) is 4.70. The maximum Gasteiger partial charge on any atom is 0.244 e. The zero-order chi connectivity index (χ0) is 24.8. The van der Waals surface area contributed by atoms with Crippen LogP contribution in [0.3, 0.4) is 0 Å². The molecule has 2 aromatic carbocycles. The molecule has 0 unspecified atom stereocenters. The van der Waals surface area contributed by atoms with Crippen LogP contribution in [0.4, 0.5) is 5.69 Å². The van der Waals surface area contributed by atoms with Crippen LogP contribution in [0.1, 0.15) is 37.0 Å². The highest BCUT2D eigenvalue weighted by atomic mass is 35.5. The number of amides is 2. The zero-order valence-electron chi connectivity index (χ0n) is 19.8. The van der Waals surface area contributed by atoms with Gasteiger partial charge in [0.15, 0.2) is 0 Å². The summed E-state index contributed by atoms with van der Waals surface area (Å²) in [6, 6.07) is 11.8. The molecule has 0 bridgehead atoms. The van der Waals surface area contributed by atoms with E-state index in [1.807, 2.05) is 26.0 Å². The number of benzene rings is 2. The Balaban J connectivity index is 2.49. The first-order valence-corrected chi connectivity index (χ1v) is 13.1. The molecule has 7 nitrogen and oxygen atoms in total. The largest absolute Gasteiger partial charge is 0.355 e. The Kier molecular flexibility index (Phi) is 9.31. The molecule has 0 aliphatic carbocycles. The molecule has 1 atom stereocenters. The second-order valence-corrected chi connectivity index (χ2v) is 10.3. The van der Waals surface area contributed by atoms with E-state index in [1.54, 1.807) is 44.2 Å². The number of sulfonamides is 1. The Hall–Kier alpha value is -2.58. The lowest BCUT2D eigenvalue weighted by molar-refractivity contribution is -0.140. The van der Waals surface area contributed by atoms with E-state index in [0.717, 1.165) is 21.7 Å². The van der Waals surface area contributed by atoms with Gasteiger partial charge in [-0.25, -0.2) is 8.42 Å². The summed E-state index contributed by atoms with van der Waals surface area (Å²) in [6.07, 6.45) is 1.44. The number of nitrogens with one attached hydrogen (secondary N) is 1. The SMILES string of the molecule is CCNC(=O)[C@@H](CC)N(Cc1ccccc1Cl)C(=O)CN(c1cc(C)ccc1C)S(C)(=O)=O. The number of halogens is 1. The van der Waals surface area contributed by atoms with Crippen LogP contribution in [0.5, 0.6) is 0 Å². The van der Waals surface area contributed by atoms with Gasteiger partial charge in [0.2, 0.25) is 21.8 Å². The summed E-state index contributed by atoms with van der Waals surface area (Å²) >= 11 is 6.33. The van der Waals surface area contributed by atoms with Gasteiger partial charge < -0.3 is 10.2 Å². The second-order valence-electron chi connectivity index (χ2n) is 7.99. The van der Waals surface area contributed by atoms with E-state index in [0.29, 0.717) is 29.2 Å². The maximum atomic E-state index is 13.6. The normalized spacial score (nSPS) is 12.2. The van der Waals surface area contributed by atoms with Gasteiger partial charge in [-0.05, 0) is 56.0 Å². The van der Waals surface area contributed by atoms with Crippen molar-refractivity contribution in [1.29, 1.82) is 0 Å². The van der Waals surface area contributed by atoms with Crippen molar-refractivity contribution in [2.45, 2.75) is 46.7 Å². The number of carbonyl (C=O) groups is 2. The molecule has 0 heterocycles. The van der Waals surface area contributed by atoms with Gasteiger partial charge in [0.25, 0.3) is 0 Å². The van der Waals surface area contributed by atoms with E-state index in [9.17, 15) is 18.0 Å². The predicted molar refractivity (Wildman–Crippen MR) is 133 cm³/mol. The van der Waals surface area contributed by atoms with Gasteiger partial charge in [-0.1, -0.05) is 48.9 Å². The lowest BCUT2D eigenvalue weighted by atomic mass is 10.1. The van der Waals surface area contributed by atoms with Crippen LogP contribution in [0, 0.1) is 13.8 Å². The van der Waals surface area contributed by atoms with Gasteiger partial charge >= 0.3 is 0 Å². The van der Waals surface area contributed by atoms with Gasteiger partial charge in [0.05, 0.1) is 11.9 Å². The molecule has 0 saturated heterocycles. The van der Waals surface area contributed by atoms with Gasteiger partial charge in [0.1, 0.15) is 12.6 Å². The minimum absolute atomic E-state index is 0.0819. The van der Waals surface area contributed by atoms with Crippen LogP contribution in [0.25, 0.3) is 0 Å². The Morgan fingerprint density at radius 2 is 1.76 bits per heavy atom. The van der Waals surface area contributed by atoms with Crippen LogP contribution in [-0.2, 0) is 26.2 Å². The molecule has 0 spiro atoms. The molecular weight excluding hydrogens is 462 g/mol. The molecule has 0 aromatic heterocycles. The number of carbonyl (C=O) groups excluding carboxylic acids is 2. The summed E-state index contributed by atoms with van der Waals surface area (Å²) < 4.78 is 26.5. The van der Waals surface area contributed by atoms with Gasteiger partial charge in [-0.3, -0.25) is 13.9 Å². The molecule has 2 rings (SSSR count). The highest BCUT2D eigenvalue weighted by Crippen LogP contribution is 2.25. The third-order valence-electron chi connectivity index (χ3n) is 5.35. The van der Waals surface area contributed by atoms with Crippen molar-refractivity contribution >= 4 is 39.1 Å². The average Bonchev–Trinajstić information content (AvgIpc) is 2.74. The van der Waals surface area contributed by atoms with Crippen molar-refractivity contribution in [1.82, 2.24) is 10.2 Å². The first-order valence-electron chi connectivity index (χ1n) is 10.8. The van der Waals surface area contributed by atoms with Crippen molar-refractivity contribution in [3.05, 3.63) is 64.2 Å². The Morgan fingerprint density at radius 1 is 1.09 bits per heavy atom. The van der Waals surface area contributed by atoms with E-state index < -0.39 is 28.5 Å². The summed E-state index contributed by atoms with van der Waals surface area (Å²) in [7, 11) is -3.77. The van der Waals surface area contributed by atoms with Gasteiger partial charge in [-0.15, -0.1) is 0 Å². The summed E-state index contributed by atoms with van der Waals surface area (Å²) in [5.74, 6) is -0.780. The lowest BCUT2D eigenvalue weighted by Crippen LogP contribution is -2.52. The van der Waals surface area contributed by atoms with E-state index in [1.165, 1.54) is 4.90 Å². The zero-order valence-corrected chi connectivity index (χ0v) is 21.3. The van der Waals surface area contributed by atoms with E-state index in [2.05, 4.69) is 5.32 Å². The highest BCUT2D eigenvalue weighted by molar-refractivity contribution is 7.92. The Morgan fingerprint density at radius 3 is 2.33 bits per heavy atom. The van der Waals surface area contributed by atoms with Crippen LogP contribution >= 0.6 is 11.6 Å². The topological polar surface area (TPSA) is 86.8 Å². The van der Waals surface area contributed by atoms with E-state index in [-0.39, 0.29) is 12.5 Å². The third-order valence-corrected chi connectivity index (χ3v) is 6.84. The summed E-state index contributed by atoms with van der Waals surface area (Å²) in [5, 5.41) is 3.23. The molecule has 33 heavy (non-hydrogen) atoms. The van der Waals surface area contributed by atoms with Crippen LogP contribution in [0.15, 0.2) is 42.5 Å². The standard InChI is InChI=1S/C24H32ClN3O4S/c1-6-21(24(30)26-7-2)27(15-19-10-8-9-11-20(19)25)23(29)16-28(33(5,31)32)22-14-17(3)12-13-18(22)4/h8-14,21H,6-7,15-16H2,1-5H3,(H,26,30)/t21-/m1/s1. The monoisotopic (exact) mass is 493 g/mol. The van der Waals surface area contributed by atoms with E-state index in [4.69, 9.17) is 11.6 Å². The minimum atomic E-state index is -3.77. The van der Waals surface area contributed by atoms with Crippen LogP contribution in [0.2, 0.25) is 5.02 Å². The van der Waals surface area contributed by atoms with Crippen molar-refractivity contribution in [2.24, 2.45) is 0 Å². The van der Waals surface area contributed by atoms with Crippen molar-refractivity contribution in [3.63, 3.8) is 0 Å². The van der Waals surface area contributed by atoms with Gasteiger partial charge in [0, 0.05) is 18.1 Å². The fraction of sp³-hybridized carbons (Fsp3) is 0.417. The highest BCUT2D eigenvalue weighted by Gasteiger charge is 2.32. The summed E-state index contributed by atoms with van der Waals surface area (Å²) in [4.78, 5) is 27.8. The van der Waals surface area contributed by atoms with Crippen LogP contribution in [-0.4, -0.2) is 50.5 Å². The number of rotatable bonds is 10. The number of nitrogens with zero attached hydrogens (tertiary/aromatic N) is 2. The minimum Gasteiger partial charge on any atom is -0.355 e. The predicted octanol–water partition coefficient (Wildman–Crippen LogP) is 3.67. The van der Waals surface area contributed by atoms with Gasteiger partial charge in [-0.2, -0.15) is 0 Å². The Labute approximate surface area is 201 Å². The quantitative estimate of drug-likeness (QED) is 0.547. The Bertz CT molecular complexity index is 1100. The van der Waals surface area contributed by atoms with Crippen molar-refractivity contribution in [3.8, 4) is 0 Å². The molecule has 2 aromatic rings. The van der Waals surface area contributed by atoms with Crippen LogP contribution < -0.4 is 9.62 Å². The maximum absolute atomic E-state index is 13.6. The first kappa shape index (κ1) is 26.7. The number of likely N-dealkylation sites (N-methyl/N-ethyl adjacent to an activating group) is 1. The first-order chi connectivity index (χ1) is 15.5. The number of hydrogen-bond acceptors (Lipinski definition) is 4. The van der Waals surface area contributed by atoms with Crippen molar-refractivity contribution < 1.29 is 18.0 Å². The molecule has 180 valence electrons. The van der Waals surface area contributed by atoms with E-state index >= 15 is 0 Å². The average molecular weight is 494 g/mol. The van der Waals surface area contributed by atoms with Crippen molar-refractivity contribution in [2.75, 3.05) is 23.7 Å². The summed E-state index contributed by atoms with van der Waals surface area (Å²) in [6.45, 7) is 7.34. The molecule has 0 aliphatic rings. The number of anilines is 1. The number of hydrogen-bond donors (Lipinski definition) is 1.